The van der Waals surface area contributed by atoms with Crippen LogP contribution >= 0.6 is 0 Å². The third-order valence-corrected chi connectivity index (χ3v) is 4.07. The van der Waals surface area contributed by atoms with Gasteiger partial charge in [-0.25, -0.2) is 4.68 Å². The van der Waals surface area contributed by atoms with Crippen molar-refractivity contribution in [3.8, 4) is 5.75 Å². The normalized spacial score (nSPS) is 17.9. The molecule has 1 aromatic heterocycles. The molecular formula is C17H18F3N3O3. The highest BCUT2D eigenvalue weighted by atomic mass is 19.4. The Balaban J connectivity index is 1.86. The number of nitrogens with two attached hydrogens (primary N) is 1. The molecule has 0 saturated carbocycles. The first-order chi connectivity index (χ1) is 12.3. The summed E-state index contributed by atoms with van der Waals surface area (Å²) in [6, 6.07) is 5.80. The number of hydrogen-bond acceptors (Lipinski definition) is 4. The van der Waals surface area contributed by atoms with Gasteiger partial charge in [-0.05, 0) is 31.4 Å². The van der Waals surface area contributed by atoms with Crippen molar-refractivity contribution in [3.05, 3.63) is 47.3 Å². The van der Waals surface area contributed by atoms with Crippen LogP contribution in [-0.4, -0.2) is 28.7 Å². The fraction of sp³-hybridized carbons (Fsp3) is 0.412. The van der Waals surface area contributed by atoms with E-state index in [1.807, 2.05) is 0 Å². The van der Waals surface area contributed by atoms with Crippen molar-refractivity contribution in [1.29, 1.82) is 0 Å². The molecule has 1 fully saturated rings. The number of halogens is 3. The zero-order valence-electron chi connectivity index (χ0n) is 13.8. The molecule has 1 saturated heterocycles. The van der Waals surface area contributed by atoms with Gasteiger partial charge in [0, 0.05) is 24.8 Å². The fourth-order valence-electron chi connectivity index (χ4n) is 2.91. The molecule has 0 spiro atoms. The number of rotatable bonds is 5. The van der Waals surface area contributed by atoms with Gasteiger partial charge in [-0.15, -0.1) is 13.2 Å². The number of carbonyl (C=O) groups excluding carboxylic acids is 1. The minimum Gasteiger partial charge on any atom is -0.405 e. The maximum Gasteiger partial charge on any atom is 0.573 e. The molecule has 0 aliphatic carbocycles. The van der Waals surface area contributed by atoms with E-state index in [0.29, 0.717) is 12.3 Å². The van der Waals surface area contributed by atoms with E-state index in [9.17, 15) is 18.0 Å². The molecule has 26 heavy (non-hydrogen) atoms. The highest BCUT2D eigenvalue weighted by Crippen LogP contribution is 2.31. The summed E-state index contributed by atoms with van der Waals surface area (Å²) in [5.74, 6) is -1.58. The predicted octanol–water partition coefficient (Wildman–Crippen LogP) is 3.17. The van der Waals surface area contributed by atoms with Gasteiger partial charge in [0.1, 0.15) is 12.0 Å². The van der Waals surface area contributed by atoms with Crippen LogP contribution in [0.4, 0.5) is 13.2 Å². The Morgan fingerprint density at radius 1 is 1.35 bits per heavy atom. The lowest BCUT2D eigenvalue weighted by Gasteiger charge is -2.22. The quantitative estimate of drug-likeness (QED) is 0.878. The van der Waals surface area contributed by atoms with E-state index in [4.69, 9.17) is 10.5 Å². The van der Waals surface area contributed by atoms with Gasteiger partial charge in [-0.2, -0.15) is 5.10 Å². The summed E-state index contributed by atoms with van der Waals surface area (Å²) in [4.78, 5) is 11.5. The molecule has 0 radical (unpaired) electrons. The Morgan fingerprint density at radius 3 is 2.81 bits per heavy atom. The number of benzene rings is 1. The largest absolute Gasteiger partial charge is 0.573 e. The van der Waals surface area contributed by atoms with Crippen LogP contribution in [0.15, 0.2) is 30.5 Å². The number of hydrogen-bond donors (Lipinski definition) is 1. The van der Waals surface area contributed by atoms with Crippen molar-refractivity contribution < 1.29 is 27.4 Å². The molecule has 9 heteroatoms. The van der Waals surface area contributed by atoms with Gasteiger partial charge in [0.05, 0.1) is 11.3 Å². The number of amides is 1. The minimum atomic E-state index is -4.93. The summed E-state index contributed by atoms with van der Waals surface area (Å²) in [5, 5.41) is 4.38. The number of alkyl halides is 3. The number of carbonyl (C=O) groups is 1. The van der Waals surface area contributed by atoms with Gasteiger partial charge >= 0.3 is 6.36 Å². The SMILES string of the molecule is NC(=O)c1cccc(Cc2ccn(C3CCCCO3)n2)c1OC(F)(F)F. The Kier molecular flexibility index (Phi) is 5.17. The maximum absolute atomic E-state index is 12.7. The second-order valence-corrected chi connectivity index (χ2v) is 5.99. The molecule has 1 unspecified atom stereocenters. The Bertz CT molecular complexity index is 783. The van der Waals surface area contributed by atoms with Crippen molar-refractivity contribution in [2.45, 2.75) is 38.3 Å². The van der Waals surface area contributed by atoms with Crippen LogP contribution in [0.2, 0.25) is 0 Å². The molecule has 1 aliphatic heterocycles. The van der Waals surface area contributed by atoms with E-state index in [1.165, 1.54) is 18.2 Å². The predicted molar refractivity (Wildman–Crippen MR) is 85.5 cm³/mol. The van der Waals surface area contributed by atoms with E-state index in [1.54, 1.807) is 16.9 Å². The van der Waals surface area contributed by atoms with Crippen molar-refractivity contribution in [2.24, 2.45) is 5.73 Å². The summed E-state index contributed by atoms with van der Waals surface area (Å²) in [6.45, 7) is 0.657. The van der Waals surface area contributed by atoms with Gasteiger partial charge in [-0.3, -0.25) is 4.79 Å². The Labute approximate surface area is 147 Å². The van der Waals surface area contributed by atoms with E-state index < -0.39 is 18.0 Å². The van der Waals surface area contributed by atoms with Gasteiger partial charge in [0.15, 0.2) is 0 Å². The fourth-order valence-corrected chi connectivity index (χ4v) is 2.91. The summed E-state index contributed by atoms with van der Waals surface area (Å²) >= 11 is 0. The number of aromatic nitrogens is 2. The first-order valence-electron chi connectivity index (χ1n) is 8.16. The third-order valence-electron chi connectivity index (χ3n) is 4.07. The molecule has 3 rings (SSSR count). The highest BCUT2D eigenvalue weighted by molar-refractivity contribution is 5.96. The van der Waals surface area contributed by atoms with Gasteiger partial charge in [0.25, 0.3) is 5.91 Å². The van der Waals surface area contributed by atoms with Gasteiger partial charge in [0.2, 0.25) is 0 Å². The third kappa shape index (κ3) is 4.34. The molecule has 6 nitrogen and oxygen atoms in total. The topological polar surface area (TPSA) is 79.4 Å². The number of nitrogens with zero attached hydrogens (tertiary/aromatic N) is 2. The monoisotopic (exact) mass is 369 g/mol. The van der Waals surface area contributed by atoms with Gasteiger partial charge < -0.3 is 15.2 Å². The first kappa shape index (κ1) is 18.2. The second-order valence-electron chi connectivity index (χ2n) is 5.99. The zero-order valence-corrected chi connectivity index (χ0v) is 13.8. The second kappa shape index (κ2) is 7.36. The molecular weight excluding hydrogens is 351 g/mol. The summed E-state index contributed by atoms with van der Waals surface area (Å²) in [6.07, 6.45) is -0.441. The molecule has 1 amide bonds. The van der Waals surface area contributed by atoms with E-state index >= 15 is 0 Å². The van der Waals surface area contributed by atoms with Crippen LogP contribution < -0.4 is 10.5 Å². The van der Waals surface area contributed by atoms with Crippen LogP contribution in [0.1, 0.15) is 47.1 Å². The molecule has 1 atom stereocenters. The number of ether oxygens (including phenoxy) is 2. The van der Waals surface area contributed by atoms with Gasteiger partial charge in [-0.1, -0.05) is 12.1 Å². The molecule has 0 bridgehead atoms. The number of primary amides is 1. The van der Waals surface area contributed by atoms with Crippen molar-refractivity contribution in [2.75, 3.05) is 6.61 Å². The van der Waals surface area contributed by atoms with Crippen LogP contribution in [0, 0.1) is 0 Å². The lowest BCUT2D eigenvalue weighted by Crippen LogP contribution is -2.22. The van der Waals surface area contributed by atoms with Crippen molar-refractivity contribution >= 4 is 5.91 Å². The van der Waals surface area contributed by atoms with E-state index in [-0.39, 0.29) is 23.8 Å². The standard InChI is InChI=1S/C17H18F3N3O3/c18-17(19,20)26-15-11(4-3-5-13(15)16(21)24)10-12-7-8-23(22-12)14-6-1-2-9-25-14/h3-5,7-8,14H,1-2,6,9-10H2,(H2,21,24). The lowest BCUT2D eigenvalue weighted by molar-refractivity contribution is -0.275. The average Bonchev–Trinajstić information content (AvgIpc) is 3.04. The van der Waals surface area contributed by atoms with E-state index in [2.05, 4.69) is 9.84 Å². The maximum atomic E-state index is 12.7. The van der Waals surface area contributed by atoms with Crippen LogP contribution in [0.3, 0.4) is 0 Å². The summed E-state index contributed by atoms with van der Waals surface area (Å²) in [5.41, 5.74) is 5.56. The molecule has 2 aromatic rings. The minimum absolute atomic E-state index is 0.0618. The number of para-hydroxylation sites is 1. The van der Waals surface area contributed by atoms with Crippen LogP contribution in [-0.2, 0) is 11.2 Å². The van der Waals surface area contributed by atoms with E-state index in [0.717, 1.165) is 19.3 Å². The zero-order chi connectivity index (χ0) is 18.7. The first-order valence-corrected chi connectivity index (χ1v) is 8.16. The average molecular weight is 369 g/mol. The smallest absolute Gasteiger partial charge is 0.405 e. The summed E-state index contributed by atoms with van der Waals surface area (Å²) < 4.78 is 49.6. The molecule has 1 aliphatic rings. The molecule has 1 aromatic carbocycles. The lowest BCUT2D eigenvalue weighted by atomic mass is 10.0. The Hall–Kier alpha value is -2.55. The van der Waals surface area contributed by atoms with Crippen molar-refractivity contribution in [1.82, 2.24) is 9.78 Å². The van der Waals surface area contributed by atoms with Crippen LogP contribution in [0.25, 0.3) is 0 Å². The Morgan fingerprint density at radius 2 is 2.15 bits per heavy atom. The molecule has 140 valence electrons. The van der Waals surface area contributed by atoms with Crippen LogP contribution in [0.5, 0.6) is 5.75 Å². The molecule has 2 N–H and O–H groups in total. The van der Waals surface area contributed by atoms with Crippen molar-refractivity contribution in [3.63, 3.8) is 0 Å². The summed E-state index contributed by atoms with van der Waals surface area (Å²) in [7, 11) is 0. The molecule has 2 heterocycles. The highest BCUT2D eigenvalue weighted by Gasteiger charge is 2.34.